The fraction of sp³-hybridized carbons (Fsp3) is 0.800. The molecule has 3 nitrogen and oxygen atoms in total. The minimum Gasteiger partial charge on any atom is -0.253 e. The molecule has 0 saturated heterocycles. The quantitative estimate of drug-likeness (QED) is 0.707. The van der Waals surface area contributed by atoms with Crippen molar-refractivity contribution in [3.05, 3.63) is 12.2 Å². The highest BCUT2D eigenvalue weighted by Crippen LogP contribution is 2.31. The second-order valence-corrected chi connectivity index (χ2v) is 4.08. The molecule has 0 atom stereocenters. The van der Waals surface area contributed by atoms with Crippen LogP contribution in [0.3, 0.4) is 0 Å². The molecular formula is C10H18ClN3. The first-order valence-corrected chi connectivity index (χ1v) is 5.59. The van der Waals surface area contributed by atoms with Gasteiger partial charge in [-0.2, -0.15) is 5.10 Å². The second-order valence-electron chi connectivity index (χ2n) is 3.82. The lowest BCUT2D eigenvalue weighted by Crippen LogP contribution is -2.25. The van der Waals surface area contributed by atoms with E-state index in [4.69, 9.17) is 11.6 Å². The second kappa shape index (κ2) is 4.78. The van der Waals surface area contributed by atoms with Crippen molar-refractivity contribution in [2.45, 2.75) is 33.1 Å². The number of aryl methyl sites for hydroxylation is 1. The smallest absolute Gasteiger partial charge is 0.138 e. The van der Waals surface area contributed by atoms with Gasteiger partial charge >= 0.3 is 0 Å². The van der Waals surface area contributed by atoms with E-state index in [0.717, 1.165) is 25.1 Å². The fourth-order valence-corrected chi connectivity index (χ4v) is 2.02. The number of hydrogen-bond acceptors (Lipinski definition) is 2. The van der Waals surface area contributed by atoms with Gasteiger partial charge in [0.25, 0.3) is 0 Å². The third-order valence-electron chi connectivity index (χ3n) is 3.12. The molecule has 14 heavy (non-hydrogen) atoms. The predicted octanol–water partition coefficient (Wildman–Crippen LogP) is 2.40. The highest BCUT2D eigenvalue weighted by atomic mass is 35.5. The van der Waals surface area contributed by atoms with Gasteiger partial charge < -0.3 is 0 Å². The van der Waals surface area contributed by atoms with E-state index in [1.807, 2.05) is 11.7 Å². The topological polar surface area (TPSA) is 30.7 Å². The minimum atomic E-state index is 0.183. The van der Waals surface area contributed by atoms with Crippen LogP contribution in [0, 0.1) is 5.41 Å². The summed E-state index contributed by atoms with van der Waals surface area (Å²) in [6.45, 7) is 4.37. The van der Waals surface area contributed by atoms with E-state index < -0.39 is 0 Å². The van der Waals surface area contributed by atoms with Crippen molar-refractivity contribution in [3.8, 4) is 0 Å². The van der Waals surface area contributed by atoms with Crippen LogP contribution in [0.1, 0.15) is 32.5 Å². The summed E-state index contributed by atoms with van der Waals surface area (Å²) in [4.78, 5) is 4.24. The number of hydrogen-bond donors (Lipinski definition) is 0. The van der Waals surface area contributed by atoms with Crippen molar-refractivity contribution in [2.24, 2.45) is 12.5 Å². The first-order valence-electron chi connectivity index (χ1n) is 5.06. The Morgan fingerprint density at radius 1 is 1.43 bits per heavy atom. The van der Waals surface area contributed by atoms with Crippen LogP contribution in [0.2, 0.25) is 0 Å². The van der Waals surface area contributed by atoms with Gasteiger partial charge in [-0.05, 0) is 18.3 Å². The van der Waals surface area contributed by atoms with Crippen LogP contribution in [-0.2, 0) is 13.5 Å². The van der Waals surface area contributed by atoms with Gasteiger partial charge in [0.1, 0.15) is 12.2 Å². The molecule has 0 aromatic carbocycles. The van der Waals surface area contributed by atoms with Crippen molar-refractivity contribution >= 4 is 11.6 Å². The third kappa shape index (κ3) is 2.27. The maximum absolute atomic E-state index is 6.04. The van der Waals surface area contributed by atoms with Gasteiger partial charge in [-0.1, -0.05) is 13.8 Å². The zero-order valence-corrected chi connectivity index (χ0v) is 9.88. The molecule has 0 aliphatic heterocycles. The van der Waals surface area contributed by atoms with Crippen molar-refractivity contribution in [1.82, 2.24) is 14.8 Å². The highest BCUT2D eigenvalue weighted by Gasteiger charge is 2.27. The number of nitrogens with zero attached hydrogens (tertiary/aromatic N) is 3. The number of halogens is 1. The average Bonchev–Trinajstić information content (AvgIpc) is 2.61. The molecule has 1 aromatic rings. The summed E-state index contributed by atoms with van der Waals surface area (Å²) in [7, 11) is 1.92. The largest absolute Gasteiger partial charge is 0.253 e. The number of rotatable bonds is 5. The Labute approximate surface area is 90.5 Å². The van der Waals surface area contributed by atoms with Gasteiger partial charge in [0, 0.05) is 19.3 Å². The number of alkyl halides is 1. The van der Waals surface area contributed by atoms with Crippen LogP contribution in [-0.4, -0.2) is 20.6 Å². The Kier molecular flexibility index (Phi) is 3.93. The SMILES string of the molecule is CCC(CC)(CCl)Cc1ncnn1C. The summed E-state index contributed by atoms with van der Waals surface area (Å²) >= 11 is 6.04. The lowest BCUT2D eigenvalue weighted by molar-refractivity contribution is 0.291. The Bertz CT molecular complexity index is 270. The Morgan fingerprint density at radius 3 is 2.43 bits per heavy atom. The summed E-state index contributed by atoms with van der Waals surface area (Å²) in [5.41, 5.74) is 0.183. The molecular weight excluding hydrogens is 198 g/mol. The molecule has 80 valence electrons. The first kappa shape index (κ1) is 11.5. The van der Waals surface area contributed by atoms with Crippen LogP contribution in [0.15, 0.2) is 6.33 Å². The molecule has 0 spiro atoms. The Balaban J connectivity index is 2.79. The van der Waals surface area contributed by atoms with Gasteiger partial charge in [-0.3, -0.25) is 4.68 Å². The molecule has 1 heterocycles. The maximum Gasteiger partial charge on any atom is 0.138 e. The van der Waals surface area contributed by atoms with Gasteiger partial charge in [0.05, 0.1) is 0 Å². The average molecular weight is 216 g/mol. The molecule has 0 bridgehead atoms. The summed E-state index contributed by atoms with van der Waals surface area (Å²) in [6, 6.07) is 0. The van der Waals surface area contributed by atoms with E-state index in [2.05, 4.69) is 23.9 Å². The molecule has 0 N–H and O–H groups in total. The summed E-state index contributed by atoms with van der Waals surface area (Å²) in [6.07, 6.45) is 4.68. The molecule has 0 fully saturated rings. The molecule has 0 amide bonds. The van der Waals surface area contributed by atoms with E-state index in [-0.39, 0.29) is 5.41 Å². The first-order chi connectivity index (χ1) is 6.67. The van der Waals surface area contributed by atoms with E-state index in [0.29, 0.717) is 5.88 Å². The predicted molar refractivity (Wildman–Crippen MR) is 58.4 cm³/mol. The van der Waals surface area contributed by atoms with Crippen molar-refractivity contribution < 1.29 is 0 Å². The van der Waals surface area contributed by atoms with E-state index in [9.17, 15) is 0 Å². The van der Waals surface area contributed by atoms with Crippen LogP contribution in [0.5, 0.6) is 0 Å². The van der Waals surface area contributed by atoms with Crippen molar-refractivity contribution in [1.29, 1.82) is 0 Å². The van der Waals surface area contributed by atoms with Crippen LogP contribution < -0.4 is 0 Å². The molecule has 0 aliphatic rings. The van der Waals surface area contributed by atoms with Gasteiger partial charge in [-0.15, -0.1) is 11.6 Å². The minimum absolute atomic E-state index is 0.183. The Hall–Kier alpha value is -0.570. The highest BCUT2D eigenvalue weighted by molar-refractivity contribution is 6.18. The van der Waals surface area contributed by atoms with Crippen molar-refractivity contribution in [2.75, 3.05) is 5.88 Å². The monoisotopic (exact) mass is 215 g/mol. The summed E-state index contributed by atoms with van der Waals surface area (Å²) in [5, 5.41) is 4.07. The van der Waals surface area contributed by atoms with Crippen LogP contribution in [0.4, 0.5) is 0 Å². The van der Waals surface area contributed by atoms with Gasteiger partial charge in [0.15, 0.2) is 0 Å². The molecule has 1 aromatic heterocycles. The molecule has 0 unspecified atom stereocenters. The zero-order valence-electron chi connectivity index (χ0n) is 9.13. The van der Waals surface area contributed by atoms with Gasteiger partial charge in [0.2, 0.25) is 0 Å². The standard InChI is InChI=1S/C10H18ClN3/c1-4-10(5-2,7-11)6-9-12-8-13-14(9)3/h8H,4-7H2,1-3H3. The summed E-state index contributed by atoms with van der Waals surface area (Å²) in [5.74, 6) is 1.71. The summed E-state index contributed by atoms with van der Waals surface area (Å²) < 4.78 is 1.83. The van der Waals surface area contributed by atoms with Crippen LogP contribution >= 0.6 is 11.6 Å². The lowest BCUT2D eigenvalue weighted by atomic mass is 9.81. The van der Waals surface area contributed by atoms with E-state index in [1.165, 1.54) is 0 Å². The van der Waals surface area contributed by atoms with E-state index >= 15 is 0 Å². The normalized spacial score (nSPS) is 12.0. The molecule has 0 saturated carbocycles. The maximum atomic E-state index is 6.04. The molecule has 4 heteroatoms. The molecule has 0 aliphatic carbocycles. The van der Waals surface area contributed by atoms with Crippen LogP contribution in [0.25, 0.3) is 0 Å². The Morgan fingerprint density at radius 2 is 2.07 bits per heavy atom. The van der Waals surface area contributed by atoms with E-state index in [1.54, 1.807) is 6.33 Å². The fourth-order valence-electron chi connectivity index (χ4n) is 1.55. The molecule has 0 radical (unpaired) electrons. The third-order valence-corrected chi connectivity index (χ3v) is 3.69. The lowest BCUT2D eigenvalue weighted by Gasteiger charge is -2.28. The van der Waals surface area contributed by atoms with Gasteiger partial charge in [-0.25, -0.2) is 4.98 Å². The molecule has 1 rings (SSSR count). The van der Waals surface area contributed by atoms with Crippen molar-refractivity contribution in [3.63, 3.8) is 0 Å². The zero-order chi connectivity index (χ0) is 10.6. The number of aromatic nitrogens is 3.